The Morgan fingerprint density at radius 1 is 1.47 bits per heavy atom. The van der Waals surface area contributed by atoms with E-state index in [0.29, 0.717) is 23.8 Å². The molecule has 2 atom stereocenters. The third kappa shape index (κ3) is 4.84. The number of piperazine rings is 1. The summed E-state index contributed by atoms with van der Waals surface area (Å²) < 4.78 is 0. The van der Waals surface area contributed by atoms with Crippen LogP contribution in [0.1, 0.15) is 40.5 Å². The third-order valence-corrected chi connectivity index (χ3v) is 3.73. The van der Waals surface area contributed by atoms with Crippen LogP contribution in [-0.2, 0) is 4.79 Å². The van der Waals surface area contributed by atoms with Gasteiger partial charge in [-0.25, -0.2) is 0 Å². The van der Waals surface area contributed by atoms with Gasteiger partial charge >= 0.3 is 0 Å². The molecule has 0 radical (unpaired) electrons. The van der Waals surface area contributed by atoms with E-state index in [1.54, 1.807) is 0 Å². The molecule has 0 aromatic heterocycles. The number of halogens is 1. The number of hydrogen-bond acceptors (Lipinski definition) is 2. The molecule has 1 N–H and O–H groups in total. The lowest BCUT2D eigenvalue weighted by Gasteiger charge is -2.35. The van der Waals surface area contributed by atoms with Gasteiger partial charge in [0.15, 0.2) is 0 Å². The monoisotopic (exact) mass is 262 g/mol. The van der Waals surface area contributed by atoms with Crippen molar-refractivity contribution in [1.29, 1.82) is 0 Å². The van der Waals surface area contributed by atoms with Crippen LogP contribution in [-0.4, -0.2) is 36.5 Å². The first-order valence-electron chi connectivity index (χ1n) is 6.56. The van der Waals surface area contributed by atoms with Crippen LogP contribution in [0.2, 0.25) is 0 Å². The zero-order valence-corrected chi connectivity index (χ0v) is 12.3. The SMILES string of the molecule is CCC(CC(=O)N1CCNCC1C)C(C)C.Cl. The topological polar surface area (TPSA) is 32.3 Å². The van der Waals surface area contributed by atoms with E-state index in [1.165, 1.54) is 0 Å². The average Bonchev–Trinajstić information content (AvgIpc) is 2.25. The first-order valence-corrected chi connectivity index (χ1v) is 6.56. The normalized spacial score (nSPS) is 22.2. The number of carbonyl (C=O) groups is 1. The molecule has 102 valence electrons. The van der Waals surface area contributed by atoms with Crippen molar-refractivity contribution in [2.75, 3.05) is 19.6 Å². The summed E-state index contributed by atoms with van der Waals surface area (Å²) in [6, 6.07) is 0.353. The van der Waals surface area contributed by atoms with E-state index in [-0.39, 0.29) is 12.4 Å². The zero-order valence-electron chi connectivity index (χ0n) is 11.5. The first-order chi connectivity index (χ1) is 7.56. The summed E-state index contributed by atoms with van der Waals surface area (Å²) in [5.74, 6) is 1.48. The van der Waals surface area contributed by atoms with Gasteiger partial charge in [-0.2, -0.15) is 0 Å². The number of rotatable bonds is 4. The van der Waals surface area contributed by atoms with Gasteiger partial charge in [-0.3, -0.25) is 4.79 Å². The molecular formula is C13H27ClN2O. The molecular weight excluding hydrogens is 236 g/mol. The Morgan fingerprint density at radius 2 is 2.12 bits per heavy atom. The Morgan fingerprint density at radius 3 is 2.59 bits per heavy atom. The molecule has 4 heteroatoms. The minimum absolute atomic E-state index is 0. The third-order valence-electron chi connectivity index (χ3n) is 3.73. The molecule has 0 spiro atoms. The van der Waals surface area contributed by atoms with Crippen molar-refractivity contribution in [3.8, 4) is 0 Å². The van der Waals surface area contributed by atoms with Crippen LogP contribution in [0, 0.1) is 11.8 Å². The largest absolute Gasteiger partial charge is 0.337 e. The second kappa shape index (κ2) is 7.93. The zero-order chi connectivity index (χ0) is 12.1. The van der Waals surface area contributed by atoms with Crippen molar-refractivity contribution in [2.45, 2.75) is 46.6 Å². The van der Waals surface area contributed by atoms with Crippen LogP contribution >= 0.6 is 12.4 Å². The Balaban J connectivity index is 0.00000256. The van der Waals surface area contributed by atoms with Gasteiger partial charge in [0, 0.05) is 32.1 Å². The number of nitrogens with one attached hydrogen (secondary N) is 1. The summed E-state index contributed by atoms with van der Waals surface area (Å²) in [5, 5.41) is 3.32. The van der Waals surface area contributed by atoms with Crippen molar-refractivity contribution in [3.63, 3.8) is 0 Å². The molecule has 1 aliphatic heterocycles. The summed E-state index contributed by atoms with van der Waals surface area (Å²) in [5.41, 5.74) is 0. The van der Waals surface area contributed by atoms with Crippen molar-refractivity contribution in [3.05, 3.63) is 0 Å². The quantitative estimate of drug-likeness (QED) is 0.843. The highest BCUT2D eigenvalue weighted by Crippen LogP contribution is 2.20. The summed E-state index contributed by atoms with van der Waals surface area (Å²) in [6.45, 7) is 11.5. The second-order valence-electron chi connectivity index (χ2n) is 5.26. The molecule has 1 heterocycles. The van der Waals surface area contributed by atoms with Crippen molar-refractivity contribution < 1.29 is 4.79 Å². The van der Waals surface area contributed by atoms with E-state index in [2.05, 4.69) is 33.0 Å². The standard InChI is InChI=1S/C13H26N2O.ClH/c1-5-12(10(2)3)8-13(16)15-7-6-14-9-11(15)4;/h10-12,14H,5-9H2,1-4H3;1H. The highest BCUT2D eigenvalue weighted by Gasteiger charge is 2.25. The average molecular weight is 263 g/mol. The van der Waals surface area contributed by atoms with Crippen molar-refractivity contribution >= 4 is 18.3 Å². The van der Waals surface area contributed by atoms with Crippen molar-refractivity contribution in [1.82, 2.24) is 10.2 Å². The van der Waals surface area contributed by atoms with Crippen molar-refractivity contribution in [2.24, 2.45) is 11.8 Å². The number of hydrogen-bond donors (Lipinski definition) is 1. The molecule has 0 aromatic rings. The smallest absolute Gasteiger partial charge is 0.223 e. The van der Waals surface area contributed by atoms with Gasteiger partial charge in [0.05, 0.1) is 0 Å². The fourth-order valence-electron chi connectivity index (χ4n) is 2.40. The van der Waals surface area contributed by atoms with E-state index in [1.807, 2.05) is 4.90 Å². The maximum atomic E-state index is 12.2. The van der Waals surface area contributed by atoms with E-state index in [0.717, 1.165) is 32.5 Å². The van der Waals surface area contributed by atoms with Gasteiger partial charge in [0.25, 0.3) is 0 Å². The number of amides is 1. The van der Waals surface area contributed by atoms with Gasteiger partial charge in [0.2, 0.25) is 5.91 Å². The lowest BCUT2D eigenvalue weighted by atomic mass is 9.89. The summed E-state index contributed by atoms with van der Waals surface area (Å²) in [4.78, 5) is 14.2. The lowest BCUT2D eigenvalue weighted by molar-refractivity contribution is -0.135. The maximum absolute atomic E-state index is 12.2. The predicted octanol–water partition coefficient (Wildman–Crippen LogP) is 2.30. The highest BCUT2D eigenvalue weighted by atomic mass is 35.5. The second-order valence-corrected chi connectivity index (χ2v) is 5.26. The molecule has 1 fully saturated rings. The molecule has 1 amide bonds. The molecule has 17 heavy (non-hydrogen) atoms. The van der Waals surface area contributed by atoms with E-state index >= 15 is 0 Å². The molecule has 0 bridgehead atoms. The first kappa shape index (κ1) is 16.7. The maximum Gasteiger partial charge on any atom is 0.223 e. The lowest BCUT2D eigenvalue weighted by Crippen LogP contribution is -2.52. The minimum Gasteiger partial charge on any atom is -0.337 e. The molecule has 3 nitrogen and oxygen atoms in total. The van der Waals surface area contributed by atoms with Crippen LogP contribution in [0.4, 0.5) is 0 Å². The number of nitrogens with zero attached hydrogens (tertiary/aromatic N) is 1. The number of carbonyl (C=O) groups excluding carboxylic acids is 1. The molecule has 2 unspecified atom stereocenters. The fraction of sp³-hybridized carbons (Fsp3) is 0.923. The van der Waals surface area contributed by atoms with Gasteiger partial charge in [0.1, 0.15) is 0 Å². The molecule has 0 aliphatic carbocycles. The Labute approximate surface area is 112 Å². The highest BCUT2D eigenvalue weighted by molar-refractivity contribution is 5.85. The fourth-order valence-corrected chi connectivity index (χ4v) is 2.40. The van der Waals surface area contributed by atoms with Crippen LogP contribution < -0.4 is 5.32 Å². The van der Waals surface area contributed by atoms with E-state index in [9.17, 15) is 4.79 Å². The van der Waals surface area contributed by atoms with Crippen LogP contribution in [0.3, 0.4) is 0 Å². The Hall–Kier alpha value is -0.280. The summed E-state index contributed by atoms with van der Waals surface area (Å²) in [7, 11) is 0. The van der Waals surface area contributed by atoms with Gasteiger partial charge in [-0.1, -0.05) is 27.2 Å². The molecule has 0 saturated carbocycles. The van der Waals surface area contributed by atoms with Gasteiger partial charge in [-0.05, 0) is 18.8 Å². The Kier molecular flexibility index (Phi) is 7.80. The molecule has 1 aliphatic rings. The summed E-state index contributed by atoms with van der Waals surface area (Å²) >= 11 is 0. The summed E-state index contributed by atoms with van der Waals surface area (Å²) in [6.07, 6.45) is 1.82. The molecule has 0 aromatic carbocycles. The van der Waals surface area contributed by atoms with Crippen LogP contribution in [0.15, 0.2) is 0 Å². The van der Waals surface area contributed by atoms with E-state index < -0.39 is 0 Å². The molecule has 1 saturated heterocycles. The van der Waals surface area contributed by atoms with E-state index in [4.69, 9.17) is 0 Å². The minimum atomic E-state index is 0. The molecule has 1 rings (SSSR count). The van der Waals surface area contributed by atoms with Gasteiger partial charge in [-0.15, -0.1) is 12.4 Å². The predicted molar refractivity (Wildman–Crippen MR) is 74.5 cm³/mol. The van der Waals surface area contributed by atoms with Crippen LogP contribution in [0.5, 0.6) is 0 Å². The van der Waals surface area contributed by atoms with Crippen LogP contribution in [0.25, 0.3) is 0 Å². The van der Waals surface area contributed by atoms with Gasteiger partial charge < -0.3 is 10.2 Å². The Bertz CT molecular complexity index is 233.